The normalized spacial score (nSPS) is 9.62. The summed E-state index contributed by atoms with van der Waals surface area (Å²) >= 11 is 0. The smallest absolute Gasteiger partial charge is 0.412 e. The number of methoxy groups -OCH3 is 1. The Balaban J connectivity index is 2.37. The first-order chi connectivity index (χ1) is 7.76. The maximum atomic E-state index is 11.2. The van der Waals surface area contributed by atoms with E-state index >= 15 is 0 Å². The van der Waals surface area contributed by atoms with Crippen molar-refractivity contribution in [3.05, 3.63) is 24.3 Å². The Morgan fingerprint density at radius 1 is 1.31 bits per heavy atom. The Hall–Kier alpha value is -1.75. The molecule has 0 aliphatic rings. The predicted molar refractivity (Wildman–Crippen MR) is 58.7 cm³/mol. The molecular weight excluding hydrogens is 210 g/mol. The fourth-order valence-electron chi connectivity index (χ4n) is 1.06. The van der Waals surface area contributed by atoms with Gasteiger partial charge in [-0.3, -0.25) is 0 Å². The molecule has 0 atom stereocenters. The zero-order valence-corrected chi connectivity index (χ0v) is 9.10. The molecule has 0 saturated carbocycles. The summed E-state index contributed by atoms with van der Waals surface area (Å²) in [6, 6.07) is 6.70. The van der Waals surface area contributed by atoms with Gasteiger partial charge in [0, 0.05) is 13.2 Å². The van der Waals surface area contributed by atoms with Crippen molar-refractivity contribution in [1.82, 2.24) is 5.32 Å². The van der Waals surface area contributed by atoms with Crippen LogP contribution in [0.15, 0.2) is 24.3 Å². The van der Waals surface area contributed by atoms with Gasteiger partial charge in [0.2, 0.25) is 0 Å². The summed E-state index contributed by atoms with van der Waals surface area (Å²) in [6.45, 7) is 0.439. The lowest BCUT2D eigenvalue weighted by Crippen LogP contribution is -2.28. The van der Waals surface area contributed by atoms with Crippen LogP contribution >= 0.6 is 0 Å². The molecule has 0 bridgehead atoms. The van der Waals surface area contributed by atoms with Crippen molar-refractivity contribution < 1.29 is 19.4 Å². The molecule has 0 aliphatic carbocycles. The van der Waals surface area contributed by atoms with Crippen LogP contribution in [0.5, 0.6) is 11.5 Å². The van der Waals surface area contributed by atoms with E-state index in [4.69, 9.17) is 14.6 Å². The van der Waals surface area contributed by atoms with Gasteiger partial charge in [-0.2, -0.15) is 0 Å². The minimum atomic E-state index is -0.529. The van der Waals surface area contributed by atoms with E-state index in [1.54, 1.807) is 31.4 Å². The first-order valence-corrected chi connectivity index (χ1v) is 4.97. The molecule has 16 heavy (non-hydrogen) atoms. The van der Waals surface area contributed by atoms with Crippen LogP contribution in [0.25, 0.3) is 0 Å². The van der Waals surface area contributed by atoms with Crippen LogP contribution in [-0.2, 0) is 0 Å². The molecule has 0 fully saturated rings. The third kappa shape index (κ3) is 4.18. The lowest BCUT2D eigenvalue weighted by Gasteiger charge is -2.06. The van der Waals surface area contributed by atoms with E-state index in [1.165, 1.54) is 0 Å². The van der Waals surface area contributed by atoms with E-state index in [1.807, 2.05) is 0 Å². The highest BCUT2D eigenvalue weighted by Crippen LogP contribution is 2.16. The number of hydrogen-bond acceptors (Lipinski definition) is 4. The van der Waals surface area contributed by atoms with Gasteiger partial charge in [-0.05, 0) is 30.7 Å². The molecule has 1 rings (SSSR count). The number of rotatable bonds is 5. The Morgan fingerprint density at radius 3 is 2.50 bits per heavy atom. The predicted octanol–water partition coefficient (Wildman–Crippen LogP) is 1.17. The summed E-state index contributed by atoms with van der Waals surface area (Å²) in [4.78, 5) is 11.2. The van der Waals surface area contributed by atoms with Crippen LogP contribution < -0.4 is 14.8 Å². The number of hydrogen-bond donors (Lipinski definition) is 2. The third-order valence-corrected chi connectivity index (χ3v) is 1.87. The molecule has 0 spiro atoms. The first-order valence-electron chi connectivity index (χ1n) is 4.97. The van der Waals surface area contributed by atoms with Crippen molar-refractivity contribution in [2.45, 2.75) is 6.42 Å². The molecule has 0 aliphatic heterocycles. The second-order valence-corrected chi connectivity index (χ2v) is 3.07. The molecule has 0 unspecified atom stereocenters. The van der Waals surface area contributed by atoms with Gasteiger partial charge in [0.15, 0.2) is 0 Å². The number of carbonyl (C=O) groups excluding carboxylic acids is 1. The molecule has 0 radical (unpaired) electrons. The minimum Gasteiger partial charge on any atom is -0.497 e. The van der Waals surface area contributed by atoms with E-state index in [-0.39, 0.29) is 6.61 Å². The van der Waals surface area contributed by atoms with Crippen LogP contribution in [0.2, 0.25) is 0 Å². The molecule has 5 nitrogen and oxygen atoms in total. The molecule has 1 aromatic carbocycles. The topological polar surface area (TPSA) is 67.8 Å². The van der Waals surface area contributed by atoms with Gasteiger partial charge >= 0.3 is 6.09 Å². The summed E-state index contributed by atoms with van der Waals surface area (Å²) in [7, 11) is 1.57. The van der Waals surface area contributed by atoms with Crippen LogP contribution in [-0.4, -0.2) is 31.5 Å². The summed E-state index contributed by atoms with van der Waals surface area (Å²) in [6.07, 6.45) is -0.0174. The van der Waals surface area contributed by atoms with E-state index in [0.29, 0.717) is 24.5 Å². The third-order valence-electron chi connectivity index (χ3n) is 1.87. The van der Waals surface area contributed by atoms with Crippen LogP contribution in [0.1, 0.15) is 6.42 Å². The zero-order chi connectivity index (χ0) is 11.8. The summed E-state index contributed by atoms with van der Waals surface area (Å²) < 4.78 is 9.94. The molecule has 5 heteroatoms. The second-order valence-electron chi connectivity index (χ2n) is 3.07. The van der Waals surface area contributed by atoms with Crippen molar-refractivity contribution in [3.8, 4) is 11.5 Å². The van der Waals surface area contributed by atoms with E-state index in [2.05, 4.69) is 5.32 Å². The summed E-state index contributed by atoms with van der Waals surface area (Å²) in [5, 5.41) is 11.0. The fourth-order valence-corrected chi connectivity index (χ4v) is 1.06. The van der Waals surface area contributed by atoms with Gasteiger partial charge in [-0.1, -0.05) is 0 Å². The Labute approximate surface area is 94.0 Å². The number of aliphatic hydroxyl groups excluding tert-OH is 1. The average molecular weight is 225 g/mol. The highest BCUT2D eigenvalue weighted by atomic mass is 16.6. The Kier molecular flexibility index (Phi) is 5.15. The lowest BCUT2D eigenvalue weighted by atomic mass is 10.3. The van der Waals surface area contributed by atoms with E-state index in [0.717, 1.165) is 0 Å². The van der Waals surface area contributed by atoms with Gasteiger partial charge < -0.3 is 19.9 Å². The highest BCUT2D eigenvalue weighted by molar-refractivity contribution is 5.70. The highest BCUT2D eigenvalue weighted by Gasteiger charge is 2.02. The first kappa shape index (κ1) is 12.3. The van der Waals surface area contributed by atoms with Gasteiger partial charge in [0.25, 0.3) is 0 Å². The quantitative estimate of drug-likeness (QED) is 0.738. The molecule has 2 N–H and O–H groups in total. The molecule has 0 aromatic heterocycles. The van der Waals surface area contributed by atoms with Gasteiger partial charge in [-0.15, -0.1) is 0 Å². The molecule has 0 heterocycles. The van der Waals surface area contributed by atoms with Crippen LogP contribution in [0.4, 0.5) is 4.79 Å². The number of carbonyl (C=O) groups is 1. The molecule has 88 valence electrons. The van der Waals surface area contributed by atoms with Crippen molar-refractivity contribution in [2.75, 3.05) is 20.3 Å². The van der Waals surface area contributed by atoms with Crippen molar-refractivity contribution in [3.63, 3.8) is 0 Å². The van der Waals surface area contributed by atoms with E-state index in [9.17, 15) is 4.79 Å². The van der Waals surface area contributed by atoms with Gasteiger partial charge in [0.1, 0.15) is 11.5 Å². The number of nitrogens with one attached hydrogen (secondary N) is 1. The van der Waals surface area contributed by atoms with Crippen molar-refractivity contribution >= 4 is 6.09 Å². The summed E-state index contributed by atoms with van der Waals surface area (Å²) in [5.41, 5.74) is 0. The standard InChI is InChI=1S/C11H15NO4/c1-15-9-3-5-10(6-4-9)16-11(14)12-7-2-8-13/h3-6,13H,2,7-8H2,1H3,(H,12,14). The number of aliphatic hydroxyl groups is 1. The Bertz CT molecular complexity index is 323. The van der Waals surface area contributed by atoms with Gasteiger partial charge in [-0.25, -0.2) is 4.79 Å². The number of benzene rings is 1. The van der Waals surface area contributed by atoms with E-state index < -0.39 is 6.09 Å². The minimum absolute atomic E-state index is 0.0445. The average Bonchev–Trinajstić information content (AvgIpc) is 2.30. The second kappa shape index (κ2) is 6.68. The SMILES string of the molecule is COc1ccc(OC(=O)NCCCO)cc1. The fraction of sp³-hybridized carbons (Fsp3) is 0.364. The maximum absolute atomic E-state index is 11.2. The molecule has 1 amide bonds. The molecule has 1 aromatic rings. The Morgan fingerprint density at radius 2 is 1.94 bits per heavy atom. The van der Waals surface area contributed by atoms with Crippen molar-refractivity contribution in [1.29, 1.82) is 0 Å². The largest absolute Gasteiger partial charge is 0.497 e. The summed E-state index contributed by atoms with van der Waals surface area (Å²) in [5.74, 6) is 1.15. The van der Waals surface area contributed by atoms with Crippen molar-refractivity contribution in [2.24, 2.45) is 0 Å². The van der Waals surface area contributed by atoms with Crippen LogP contribution in [0.3, 0.4) is 0 Å². The molecular formula is C11H15NO4. The van der Waals surface area contributed by atoms with Gasteiger partial charge in [0.05, 0.1) is 7.11 Å². The number of ether oxygens (including phenoxy) is 2. The van der Waals surface area contributed by atoms with Crippen LogP contribution in [0, 0.1) is 0 Å². The zero-order valence-electron chi connectivity index (χ0n) is 9.10. The number of amides is 1. The lowest BCUT2D eigenvalue weighted by molar-refractivity contribution is 0.198. The maximum Gasteiger partial charge on any atom is 0.412 e. The molecule has 0 saturated heterocycles. The monoisotopic (exact) mass is 225 g/mol.